The van der Waals surface area contributed by atoms with Gasteiger partial charge < -0.3 is 9.80 Å². The highest BCUT2D eigenvalue weighted by Gasteiger charge is 2.20. The van der Waals surface area contributed by atoms with Gasteiger partial charge in [-0.05, 0) is 110 Å². The van der Waals surface area contributed by atoms with Crippen molar-refractivity contribution in [1.82, 2.24) is 0 Å². The lowest BCUT2D eigenvalue weighted by Crippen LogP contribution is -2.10. The minimum Gasteiger partial charge on any atom is -0.310 e. The molecule has 0 amide bonds. The monoisotopic (exact) mass is 688 g/mol. The second-order valence-electron chi connectivity index (χ2n) is 13.8. The van der Waals surface area contributed by atoms with Crippen LogP contribution in [-0.2, 0) is 0 Å². The zero-order valence-electron chi connectivity index (χ0n) is 29.7. The molecule has 2 heteroatoms. The van der Waals surface area contributed by atoms with Crippen molar-refractivity contribution in [3.8, 4) is 11.1 Å². The topological polar surface area (TPSA) is 6.48 Å². The highest BCUT2D eigenvalue weighted by molar-refractivity contribution is 6.16. The van der Waals surface area contributed by atoms with E-state index in [0.717, 1.165) is 34.1 Å². The largest absolute Gasteiger partial charge is 0.310 e. The number of anilines is 6. The van der Waals surface area contributed by atoms with Gasteiger partial charge in [0.25, 0.3) is 0 Å². The van der Waals surface area contributed by atoms with Crippen molar-refractivity contribution in [2.24, 2.45) is 0 Å². The van der Waals surface area contributed by atoms with Gasteiger partial charge in [-0.2, -0.15) is 0 Å². The molecule has 54 heavy (non-hydrogen) atoms. The van der Waals surface area contributed by atoms with E-state index in [4.69, 9.17) is 0 Å². The van der Waals surface area contributed by atoms with Crippen molar-refractivity contribution in [3.63, 3.8) is 0 Å². The molecule has 0 atom stereocenters. The lowest BCUT2D eigenvalue weighted by atomic mass is 9.92. The summed E-state index contributed by atoms with van der Waals surface area (Å²) in [6, 6.07) is 79.0. The zero-order valence-corrected chi connectivity index (χ0v) is 29.7. The molecule has 0 N–H and O–H groups in total. The lowest BCUT2D eigenvalue weighted by Gasteiger charge is -2.28. The Morgan fingerprint density at radius 2 is 0.704 bits per heavy atom. The molecule has 10 aromatic rings. The summed E-state index contributed by atoms with van der Waals surface area (Å²) in [5.41, 5.74) is 9.18. The number of hydrogen-bond acceptors (Lipinski definition) is 2. The lowest BCUT2D eigenvalue weighted by molar-refractivity contribution is 1.30. The number of fused-ring (bicyclic) bond motifs is 5. The van der Waals surface area contributed by atoms with E-state index in [1.54, 1.807) is 0 Å². The average molecular weight is 689 g/mol. The van der Waals surface area contributed by atoms with Crippen molar-refractivity contribution in [3.05, 3.63) is 218 Å². The van der Waals surface area contributed by atoms with E-state index in [2.05, 4.69) is 228 Å². The first-order valence-electron chi connectivity index (χ1n) is 18.5. The predicted molar refractivity (Wildman–Crippen MR) is 231 cm³/mol. The number of para-hydroxylation sites is 2. The van der Waals surface area contributed by atoms with Crippen molar-refractivity contribution in [2.75, 3.05) is 9.80 Å². The highest BCUT2D eigenvalue weighted by atomic mass is 15.1. The molecule has 0 aromatic heterocycles. The first-order chi connectivity index (χ1) is 26.8. The predicted octanol–water partition coefficient (Wildman–Crippen LogP) is 14.9. The van der Waals surface area contributed by atoms with Crippen LogP contribution in [0.4, 0.5) is 34.1 Å². The van der Waals surface area contributed by atoms with Gasteiger partial charge in [0, 0.05) is 33.5 Å². The normalized spacial score (nSPS) is 11.3. The van der Waals surface area contributed by atoms with Crippen LogP contribution in [0.5, 0.6) is 0 Å². The van der Waals surface area contributed by atoms with Gasteiger partial charge in [-0.15, -0.1) is 0 Å². The van der Waals surface area contributed by atoms with Gasteiger partial charge in [-0.3, -0.25) is 0 Å². The molecule has 0 radical (unpaired) electrons. The Labute approximate surface area is 315 Å². The van der Waals surface area contributed by atoms with E-state index < -0.39 is 0 Å². The Hall–Kier alpha value is -7.16. The molecule has 0 saturated carbocycles. The number of benzene rings is 10. The quantitative estimate of drug-likeness (QED) is 0.154. The Kier molecular flexibility index (Phi) is 7.85. The molecule has 0 saturated heterocycles. The van der Waals surface area contributed by atoms with Gasteiger partial charge in [0.05, 0.1) is 11.4 Å². The molecule has 2 nitrogen and oxygen atoms in total. The summed E-state index contributed by atoms with van der Waals surface area (Å²) in [6.45, 7) is 0. The Morgan fingerprint density at radius 1 is 0.241 bits per heavy atom. The molecule has 0 aliphatic rings. The van der Waals surface area contributed by atoms with Crippen LogP contribution >= 0.6 is 0 Å². The third-order valence-corrected chi connectivity index (χ3v) is 10.6. The number of nitrogens with zero attached hydrogens (tertiary/aromatic N) is 2. The molecule has 0 spiro atoms. The molecule has 0 heterocycles. The Bertz CT molecular complexity index is 2930. The minimum absolute atomic E-state index is 1.12. The van der Waals surface area contributed by atoms with E-state index in [1.807, 2.05) is 0 Å². The first kappa shape index (κ1) is 31.6. The third-order valence-electron chi connectivity index (χ3n) is 10.6. The molecule has 254 valence electrons. The molecule has 0 fully saturated rings. The molecule has 0 aliphatic heterocycles. The summed E-state index contributed by atoms with van der Waals surface area (Å²) in [5, 5.41) is 9.73. The minimum atomic E-state index is 1.12. The second kappa shape index (κ2) is 13.4. The molecule has 10 rings (SSSR count). The smallest absolute Gasteiger partial charge is 0.0540 e. The Balaban J connectivity index is 1.21. The van der Waals surface area contributed by atoms with Gasteiger partial charge in [0.15, 0.2) is 0 Å². The molecular weight excluding hydrogens is 653 g/mol. The third kappa shape index (κ3) is 5.53. The maximum atomic E-state index is 2.39. The van der Waals surface area contributed by atoms with Gasteiger partial charge in [0.2, 0.25) is 0 Å². The first-order valence-corrected chi connectivity index (χ1v) is 18.5. The van der Waals surface area contributed by atoms with Crippen LogP contribution in [0.15, 0.2) is 218 Å². The summed E-state index contributed by atoms with van der Waals surface area (Å²) >= 11 is 0. The van der Waals surface area contributed by atoms with Gasteiger partial charge in [-0.25, -0.2) is 0 Å². The fraction of sp³-hybridized carbons (Fsp3) is 0. The van der Waals surface area contributed by atoms with Crippen LogP contribution in [0.1, 0.15) is 0 Å². The van der Waals surface area contributed by atoms with Crippen LogP contribution in [0.25, 0.3) is 54.2 Å². The van der Waals surface area contributed by atoms with Crippen molar-refractivity contribution >= 4 is 77.2 Å². The molecule has 0 aliphatic carbocycles. The van der Waals surface area contributed by atoms with Crippen molar-refractivity contribution in [1.29, 1.82) is 0 Å². The summed E-state index contributed by atoms with van der Waals surface area (Å²) in [4.78, 5) is 4.78. The second-order valence-corrected chi connectivity index (χ2v) is 13.8. The summed E-state index contributed by atoms with van der Waals surface area (Å²) < 4.78 is 0. The van der Waals surface area contributed by atoms with E-state index in [9.17, 15) is 0 Å². The fourth-order valence-electron chi connectivity index (χ4n) is 8.09. The SMILES string of the molecule is c1ccc(-c2cc3cc(N(c4ccccc4)c4cccc5ccccc45)ccc3c3ccc(N(c4ccccc4)c4cccc5ccccc45)cc23)cc1. The van der Waals surface area contributed by atoms with E-state index in [0.29, 0.717) is 0 Å². The average Bonchev–Trinajstić information content (AvgIpc) is 3.25. The van der Waals surface area contributed by atoms with Crippen LogP contribution in [0.3, 0.4) is 0 Å². The standard InChI is InChI=1S/C52H36N2/c1-4-16-39(17-5-1)49-35-40-34-43(53(41-22-6-2-7-23-41)51-28-14-20-37-18-10-12-26-46(37)51)30-32-45(40)48-33-31-44(36-50(48)49)54(42-24-8-3-9-25-42)52-29-15-21-38-19-11-13-27-47(38)52/h1-36H. The summed E-state index contributed by atoms with van der Waals surface area (Å²) in [6.07, 6.45) is 0. The number of rotatable bonds is 7. The van der Waals surface area contributed by atoms with E-state index in [-0.39, 0.29) is 0 Å². The maximum Gasteiger partial charge on any atom is 0.0540 e. The van der Waals surface area contributed by atoms with Crippen LogP contribution in [0.2, 0.25) is 0 Å². The van der Waals surface area contributed by atoms with E-state index in [1.165, 1.54) is 54.2 Å². The van der Waals surface area contributed by atoms with Gasteiger partial charge in [-0.1, -0.05) is 152 Å². The Morgan fingerprint density at radius 3 is 1.28 bits per heavy atom. The van der Waals surface area contributed by atoms with E-state index >= 15 is 0 Å². The highest BCUT2D eigenvalue weighted by Crippen LogP contribution is 2.45. The van der Waals surface area contributed by atoms with Crippen LogP contribution in [0, 0.1) is 0 Å². The van der Waals surface area contributed by atoms with Crippen LogP contribution in [-0.4, -0.2) is 0 Å². The van der Waals surface area contributed by atoms with Crippen molar-refractivity contribution < 1.29 is 0 Å². The summed E-state index contributed by atoms with van der Waals surface area (Å²) in [7, 11) is 0. The fourth-order valence-corrected chi connectivity index (χ4v) is 8.09. The molecular formula is C52H36N2. The molecule has 10 aromatic carbocycles. The molecule has 0 unspecified atom stereocenters. The van der Waals surface area contributed by atoms with Crippen molar-refractivity contribution in [2.45, 2.75) is 0 Å². The molecule has 0 bridgehead atoms. The zero-order chi connectivity index (χ0) is 35.8. The maximum absolute atomic E-state index is 2.39. The van der Waals surface area contributed by atoms with Gasteiger partial charge in [0.1, 0.15) is 0 Å². The summed E-state index contributed by atoms with van der Waals surface area (Å²) in [5.74, 6) is 0. The van der Waals surface area contributed by atoms with Gasteiger partial charge >= 0.3 is 0 Å². The van der Waals surface area contributed by atoms with Crippen LogP contribution < -0.4 is 9.80 Å². The number of hydrogen-bond donors (Lipinski definition) is 0.